The van der Waals surface area contributed by atoms with Gasteiger partial charge >= 0.3 is 0 Å². The van der Waals surface area contributed by atoms with E-state index in [9.17, 15) is 4.79 Å². The fourth-order valence-corrected chi connectivity index (χ4v) is 2.44. The van der Waals surface area contributed by atoms with Crippen LogP contribution in [0.15, 0.2) is 51.8 Å². The summed E-state index contributed by atoms with van der Waals surface area (Å²) >= 11 is 11.0. The molecule has 0 aromatic heterocycles. The molecule has 0 aliphatic carbocycles. The largest absolute Gasteiger partial charge is 0.322 e. The van der Waals surface area contributed by atoms with Crippen LogP contribution in [0.2, 0.25) is 5.02 Å². The third-order valence-corrected chi connectivity index (χ3v) is 4.10. The van der Waals surface area contributed by atoms with Gasteiger partial charge in [0.2, 0.25) is 0 Å². The smallest absolute Gasteiger partial charge is 0.257 e. The Bertz CT molecular complexity index is 601. The molecular weight excluding hydrogens is 346 g/mol. The summed E-state index contributed by atoms with van der Waals surface area (Å²) in [5, 5.41) is 3.28. The van der Waals surface area contributed by atoms with Crippen LogP contribution in [0.25, 0.3) is 0 Å². The number of hydrogen-bond acceptors (Lipinski definition) is 2. The van der Waals surface area contributed by atoms with E-state index >= 15 is 0 Å². The molecule has 0 saturated heterocycles. The van der Waals surface area contributed by atoms with Gasteiger partial charge in [0.25, 0.3) is 5.91 Å². The molecule has 2 rings (SSSR count). The van der Waals surface area contributed by atoms with Gasteiger partial charge in [-0.1, -0.05) is 27.5 Å². The number of amides is 1. The van der Waals surface area contributed by atoms with Gasteiger partial charge in [-0.25, -0.2) is 0 Å². The molecule has 2 aromatic carbocycles. The van der Waals surface area contributed by atoms with E-state index in [1.54, 1.807) is 23.9 Å². The first-order valence-corrected chi connectivity index (χ1v) is 7.90. The van der Waals surface area contributed by atoms with Gasteiger partial charge < -0.3 is 5.32 Å². The summed E-state index contributed by atoms with van der Waals surface area (Å²) in [5.41, 5.74) is 1.22. The second kappa shape index (κ2) is 6.46. The zero-order valence-corrected chi connectivity index (χ0v) is 13.3. The molecule has 0 fully saturated rings. The highest BCUT2D eigenvalue weighted by Gasteiger charge is 2.11. The molecule has 0 spiro atoms. The molecule has 2 aromatic rings. The van der Waals surface area contributed by atoms with E-state index in [0.29, 0.717) is 10.6 Å². The summed E-state index contributed by atoms with van der Waals surface area (Å²) in [6.07, 6.45) is 1.96. The third-order valence-electron chi connectivity index (χ3n) is 2.52. The number of halogens is 2. The number of anilines is 1. The lowest BCUT2D eigenvalue weighted by Gasteiger charge is -2.08. The third kappa shape index (κ3) is 3.75. The van der Waals surface area contributed by atoms with Gasteiger partial charge in [-0.3, -0.25) is 4.79 Å². The lowest BCUT2D eigenvalue weighted by Crippen LogP contribution is -2.12. The minimum Gasteiger partial charge on any atom is -0.322 e. The standard InChI is InChI=1S/C14H11BrClNOS/c1-19-11-6-7-13(16)12(8-11)14(18)17-10-4-2-9(15)3-5-10/h2-8H,1H3,(H,17,18). The summed E-state index contributed by atoms with van der Waals surface area (Å²) < 4.78 is 0.966. The SMILES string of the molecule is CSc1ccc(Cl)c(C(=O)Nc2ccc(Br)cc2)c1. The van der Waals surface area contributed by atoms with E-state index in [1.807, 2.05) is 36.6 Å². The fourth-order valence-electron chi connectivity index (χ4n) is 1.54. The molecule has 5 heteroatoms. The maximum atomic E-state index is 12.2. The van der Waals surface area contributed by atoms with Crippen LogP contribution in [0.5, 0.6) is 0 Å². The van der Waals surface area contributed by atoms with Gasteiger partial charge in [0.15, 0.2) is 0 Å². The van der Waals surface area contributed by atoms with Gasteiger partial charge in [-0.15, -0.1) is 11.8 Å². The van der Waals surface area contributed by atoms with Crippen molar-refractivity contribution < 1.29 is 4.79 Å². The van der Waals surface area contributed by atoms with Crippen molar-refractivity contribution in [3.8, 4) is 0 Å². The van der Waals surface area contributed by atoms with Crippen molar-refractivity contribution in [3.63, 3.8) is 0 Å². The molecule has 1 amide bonds. The first-order chi connectivity index (χ1) is 9.10. The summed E-state index contributed by atoms with van der Waals surface area (Å²) in [5.74, 6) is -0.205. The highest BCUT2D eigenvalue weighted by atomic mass is 79.9. The van der Waals surface area contributed by atoms with Crippen molar-refractivity contribution in [1.29, 1.82) is 0 Å². The molecule has 2 nitrogen and oxygen atoms in total. The van der Waals surface area contributed by atoms with E-state index < -0.39 is 0 Å². The van der Waals surface area contributed by atoms with Crippen LogP contribution in [-0.4, -0.2) is 12.2 Å². The Morgan fingerprint density at radius 3 is 2.53 bits per heavy atom. The number of carbonyl (C=O) groups is 1. The van der Waals surface area contributed by atoms with Crippen molar-refractivity contribution in [2.45, 2.75) is 4.90 Å². The zero-order valence-electron chi connectivity index (χ0n) is 10.1. The second-order valence-corrected chi connectivity index (χ2v) is 6.01. The zero-order chi connectivity index (χ0) is 13.8. The normalized spacial score (nSPS) is 10.3. The van der Waals surface area contributed by atoms with Crippen LogP contribution >= 0.6 is 39.3 Å². The molecule has 0 saturated carbocycles. The van der Waals surface area contributed by atoms with Gasteiger partial charge in [-0.05, 0) is 48.7 Å². The number of thioether (sulfide) groups is 1. The molecule has 0 unspecified atom stereocenters. The van der Waals surface area contributed by atoms with E-state index in [1.165, 1.54) is 0 Å². The first-order valence-electron chi connectivity index (χ1n) is 5.50. The van der Waals surface area contributed by atoms with Crippen molar-refractivity contribution in [3.05, 3.63) is 57.5 Å². The van der Waals surface area contributed by atoms with E-state index in [-0.39, 0.29) is 5.91 Å². The number of rotatable bonds is 3. The van der Waals surface area contributed by atoms with Crippen LogP contribution in [-0.2, 0) is 0 Å². The molecule has 19 heavy (non-hydrogen) atoms. The maximum absolute atomic E-state index is 12.2. The Kier molecular flexibility index (Phi) is 4.91. The lowest BCUT2D eigenvalue weighted by molar-refractivity contribution is 0.102. The Balaban J connectivity index is 2.22. The van der Waals surface area contributed by atoms with Crippen LogP contribution in [0.1, 0.15) is 10.4 Å². The Labute approximate surface area is 129 Å². The predicted molar refractivity (Wildman–Crippen MR) is 85.3 cm³/mol. The maximum Gasteiger partial charge on any atom is 0.257 e. The molecule has 0 bridgehead atoms. The van der Waals surface area contributed by atoms with Crippen molar-refractivity contribution >= 4 is 50.9 Å². The summed E-state index contributed by atoms with van der Waals surface area (Å²) in [7, 11) is 0. The number of nitrogens with one attached hydrogen (secondary N) is 1. The molecule has 0 aliphatic heterocycles. The Morgan fingerprint density at radius 1 is 1.21 bits per heavy atom. The average Bonchev–Trinajstić information content (AvgIpc) is 2.42. The van der Waals surface area contributed by atoms with Crippen LogP contribution in [0.4, 0.5) is 5.69 Å². The topological polar surface area (TPSA) is 29.1 Å². The number of carbonyl (C=O) groups excluding carboxylic acids is 1. The monoisotopic (exact) mass is 355 g/mol. The average molecular weight is 357 g/mol. The van der Waals surface area contributed by atoms with Gasteiger partial charge in [0.1, 0.15) is 0 Å². The summed E-state index contributed by atoms with van der Waals surface area (Å²) in [6, 6.07) is 12.8. The molecular formula is C14H11BrClNOS. The molecule has 0 aliphatic rings. The summed E-state index contributed by atoms with van der Waals surface area (Å²) in [4.78, 5) is 13.2. The minimum atomic E-state index is -0.205. The Hall–Kier alpha value is -0.970. The molecule has 98 valence electrons. The highest BCUT2D eigenvalue weighted by Crippen LogP contribution is 2.24. The van der Waals surface area contributed by atoms with Crippen LogP contribution < -0.4 is 5.32 Å². The number of hydrogen-bond donors (Lipinski definition) is 1. The first kappa shape index (κ1) is 14.4. The molecule has 1 N–H and O–H groups in total. The highest BCUT2D eigenvalue weighted by molar-refractivity contribution is 9.10. The van der Waals surface area contributed by atoms with Crippen LogP contribution in [0.3, 0.4) is 0 Å². The van der Waals surface area contributed by atoms with Crippen molar-refractivity contribution in [2.75, 3.05) is 11.6 Å². The lowest BCUT2D eigenvalue weighted by atomic mass is 10.2. The second-order valence-electron chi connectivity index (χ2n) is 3.81. The summed E-state index contributed by atoms with van der Waals surface area (Å²) in [6.45, 7) is 0. The predicted octanol–water partition coefficient (Wildman–Crippen LogP) is 5.08. The quantitative estimate of drug-likeness (QED) is 0.777. The van der Waals surface area contributed by atoms with E-state index in [0.717, 1.165) is 15.1 Å². The van der Waals surface area contributed by atoms with E-state index in [2.05, 4.69) is 21.2 Å². The van der Waals surface area contributed by atoms with E-state index in [4.69, 9.17) is 11.6 Å². The molecule has 0 atom stereocenters. The van der Waals surface area contributed by atoms with Crippen molar-refractivity contribution in [1.82, 2.24) is 0 Å². The van der Waals surface area contributed by atoms with Gasteiger partial charge in [0, 0.05) is 15.1 Å². The molecule has 0 heterocycles. The fraction of sp³-hybridized carbons (Fsp3) is 0.0714. The van der Waals surface area contributed by atoms with Crippen molar-refractivity contribution in [2.24, 2.45) is 0 Å². The van der Waals surface area contributed by atoms with Gasteiger partial charge in [0.05, 0.1) is 10.6 Å². The minimum absolute atomic E-state index is 0.205. The molecule has 0 radical (unpaired) electrons. The number of benzene rings is 2. The van der Waals surface area contributed by atoms with Crippen LogP contribution in [0, 0.1) is 0 Å². The Morgan fingerprint density at radius 2 is 1.89 bits per heavy atom. The van der Waals surface area contributed by atoms with Gasteiger partial charge in [-0.2, -0.15) is 0 Å².